The van der Waals surface area contributed by atoms with E-state index in [0.717, 1.165) is 0 Å². The lowest BCUT2D eigenvalue weighted by atomic mass is 9.89. The summed E-state index contributed by atoms with van der Waals surface area (Å²) in [5.41, 5.74) is 17.9. The van der Waals surface area contributed by atoms with Crippen LogP contribution in [0.15, 0.2) is 170 Å². The third kappa shape index (κ3) is 3.19. The van der Waals surface area contributed by atoms with Crippen LogP contribution in [0.3, 0.4) is 0 Å². The van der Waals surface area contributed by atoms with Gasteiger partial charge in [-0.2, -0.15) is 0 Å². The first-order chi connectivity index (χ1) is 24.9. The van der Waals surface area contributed by atoms with Gasteiger partial charge in [0.15, 0.2) is 0 Å². The molecule has 0 amide bonds. The normalized spacial score (nSPS) is 12.4. The molecule has 2 aliphatic rings. The molecule has 0 spiro atoms. The highest BCUT2D eigenvalue weighted by molar-refractivity contribution is 6.27. The summed E-state index contributed by atoms with van der Waals surface area (Å²) in [4.78, 5) is 0. The zero-order valence-corrected chi connectivity index (χ0v) is 27.1. The molecule has 0 fully saturated rings. The molecule has 0 radical (unpaired) electrons. The topological polar surface area (TPSA) is 9.86 Å². The fraction of sp³-hybridized carbons (Fsp3) is 0. The number of aromatic nitrogens is 2. The number of nitrogens with zero attached hydrogens (tertiary/aromatic N) is 2. The van der Waals surface area contributed by atoms with Gasteiger partial charge in [-0.3, -0.25) is 0 Å². The lowest BCUT2D eigenvalue weighted by Crippen LogP contribution is -1.96. The maximum Gasteiger partial charge on any atom is 0.0626 e. The summed E-state index contributed by atoms with van der Waals surface area (Å²) in [5.74, 6) is 0. The Balaban J connectivity index is 1.12. The van der Waals surface area contributed by atoms with Crippen LogP contribution >= 0.6 is 0 Å². The third-order valence-corrected chi connectivity index (χ3v) is 11.2. The highest BCUT2D eigenvalue weighted by Gasteiger charge is 2.32. The predicted molar refractivity (Wildman–Crippen MR) is 209 cm³/mol. The van der Waals surface area contributed by atoms with E-state index in [-0.39, 0.29) is 0 Å². The van der Waals surface area contributed by atoms with Crippen molar-refractivity contribution in [3.8, 4) is 67.3 Å². The molecule has 2 aliphatic carbocycles. The lowest BCUT2D eigenvalue weighted by molar-refractivity contribution is 1.14. The molecule has 0 bridgehead atoms. The van der Waals surface area contributed by atoms with E-state index in [1.165, 1.54) is 111 Å². The molecule has 0 unspecified atom stereocenters. The van der Waals surface area contributed by atoms with E-state index < -0.39 is 0 Å². The van der Waals surface area contributed by atoms with Gasteiger partial charge in [0.2, 0.25) is 0 Å². The van der Waals surface area contributed by atoms with Crippen molar-refractivity contribution in [3.63, 3.8) is 0 Å². The second-order valence-electron chi connectivity index (χ2n) is 13.6. The van der Waals surface area contributed by atoms with Gasteiger partial charge in [-0.05, 0) is 80.2 Å². The second kappa shape index (κ2) is 9.49. The van der Waals surface area contributed by atoms with Crippen LogP contribution in [0, 0.1) is 0 Å². The van der Waals surface area contributed by atoms with Crippen molar-refractivity contribution in [1.29, 1.82) is 0 Å². The molecule has 2 heterocycles. The zero-order valence-electron chi connectivity index (χ0n) is 27.1. The van der Waals surface area contributed by atoms with Gasteiger partial charge >= 0.3 is 0 Å². The Labute approximate surface area is 288 Å². The number of hydrogen-bond acceptors (Lipinski definition) is 0. The van der Waals surface area contributed by atoms with E-state index in [0.29, 0.717) is 0 Å². The molecular formula is C48H28N2. The van der Waals surface area contributed by atoms with Crippen molar-refractivity contribution in [1.82, 2.24) is 9.13 Å². The number of fused-ring (bicyclic) bond motifs is 10. The average molecular weight is 633 g/mol. The summed E-state index contributed by atoms with van der Waals surface area (Å²) < 4.78 is 4.92. The van der Waals surface area contributed by atoms with Crippen molar-refractivity contribution in [2.75, 3.05) is 0 Å². The van der Waals surface area contributed by atoms with Crippen molar-refractivity contribution in [2.24, 2.45) is 0 Å². The Morgan fingerprint density at radius 2 is 0.640 bits per heavy atom. The molecule has 12 rings (SSSR count). The Hall–Kier alpha value is -6.64. The molecule has 230 valence electrons. The first-order valence-corrected chi connectivity index (χ1v) is 17.4. The third-order valence-electron chi connectivity index (χ3n) is 11.2. The molecule has 2 nitrogen and oxygen atoms in total. The van der Waals surface area contributed by atoms with Crippen LogP contribution in [0.25, 0.3) is 111 Å². The Morgan fingerprint density at radius 1 is 0.260 bits per heavy atom. The smallest absolute Gasteiger partial charge is 0.0626 e. The number of para-hydroxylation sites is 4. The number of hydrogen-bond donors (Lipinski definition) is 0. The average Bonchev–Trinajstić information content (AvgIpc) is 3.90. The minimum Gasteiger partial charge on any atom is -0.309 e. The molecule has 50 heavy (non-hydrogen) atoms. The summed E-state index contributed by atoms with van der Waals surface area (Å²) in [5, 5.41) is 7.89. The first-order valence-electron chi connectivity index (χ1n) is 17.4. The lowest BCUT2D eigenvalue weighted by Gasteiger charge is -2.15. The Bertz CT molecular complexity index is 2860. The van der Waals surface area contributed by atoms with Crippen molar-refractivity contribution in [2.45, 2.75) is 0 Å². The van der Waals surface area contributed by atoms with Crippen molar-refractivity contribution >= 4 is 43.4 Å². The van der Waals surface area contributed by atoms with Crippen LogP contribution in [0.5, 0.6) is 0 Å². The molecule has 0 aliphatic heterocycles. The van der Waals surface area contributed by atoms with Crippen molar-refractivity contribution < 1.29 is 0 Å². The van der Waals surface area contributed by atoms with E-state index in [1.54, 1.807) is 0 Å². The maximum atomic E-state index is 2.46. The van der Waals surface area contributed by atoms with Crippen LogP contribution in [0.4, 0.5) is 0 Å². The Morgan fingerprint density at radius 3 is 1.10 bits per heavy atom. The van der Waals surface area contributed by atoms with Crippen LogP contribution in [0.1, 0.15) is 0 Å². The molecule has 8 aromatic carbocycles. The minimum atomic E-state index is 1.19. The summed E-state index contributed by atoms with van der Waals surface area (Å²) in [6.45, 7) is 0. The fourth-order valence-corrected chi connectivity index (χ4v) is 9.32. The van der Waals surface area contributed by atoms with E-state index in [2.05, 4.69) is 179 Å². The quantitative estimate of drug-likeness (QED) is 0.183. The monoisotopic (exact) mass is 632 g/mol. The van der Waals surface area contributed by atoms with Crippen LogP contribution in [0.2, 0.25) is 0 Å². The highest BCUT2D eigenvalue weighted by atomic mass is 15.0. The number of rotatable bonds is 3. The fourth-order valence-electron chi connectivity index (χ4n) is 9.32. The van der Waals surface area contributed by atoms with Gasteiger partial charge in [-0.15, -0.1) is 0 Å². The molecule has 10 aromatic rings. The zero-order chi connectivity index (χ0) is 32.5. The standard InChI is InChI=1S/C48H28N2/c1-3-13-29(14-4-1)49-41-23-9-7-17-35(41)45-37-27-25-31(33-19-11-21-39(43(33)37)47(45)49)32-26-28-38-44-34(32)20-12-22-40(44)48-46(38)36-18-8-10-24-42(36)50(48)30-15-5-2-6-16-30/h1-28H. The van der Waals surface area contributed by atoms with E-state index in [4.69, 9.17) is 0 Å². The molecular weight excluding hydrogens is 605 g/mol. The Kier molecular flexibility index (Phi) is 5.00. The first kappa shape index (κ1) is 26.3. The van der Waals surface area contributed by atoms with Gasteiger partial charge < -0.3 is 9.13 Å². The van der Waals surface area contributed by atoms with Crippen molar-refractivity contribution in [3.05, 3.63) is 170 Å². The summed E-state index contributed by atoms with van der Waals surface area (Å²) in [6.07, 6.45) is 0. The largest absolute Gasteiger partial charge is 0.309 e. The molecule has 2 heteroatoms. The van der Waals surface area contributed by atoms with Crippen LogP contribution in [-0.4, -0.2) is 9.13 Å². The molecule has 0 saturated heterocycles. The molecule has 0 N–H and O–H groups in total. The van der Waals surface area contributed by atoms with Gasteiger partial charge in [0.1, 0.15) is 0 Å². The van der Waals surface area contributed by atoms with Gasteiger partial charge in [-0.25, -0.2) is 0 Å². The van der Waals surface area contributed by atoms with Gasteiger partial charge in [0, 0.05) is 44.4 Å². The van der Waals surface area contributed by atoms with E-state index in [1.807, 2.05) is 0 Å². The van der Waals surface area contributed by atoms with Gasteiger partial charge in [0.25, 0.3) is 0 Å². The second-order valence-corrected chi connectivity index (χ2v) is 13.6. The van der Waals surface area contributed by atoms with E-state index in [9.17, 15) is 0 Å². The summed E-state index contributed by atoms with van der Waals surface area (Å²) >= 11 is 0. The van der Waals surface area contributed by atoms with E-state index >= 15 is 0 Å². The van der Waals surface area contributed by atoms with Crippen LogP contribution < -0.4 is 0 Å². The highest BCUT2D eigenvalue weighted by Crippen LogP contribution is 2.57. The predicted octanol–water partition coefficient (Wildman–Crippen LogP) is 12.8. The molecule has 0 atom stereocenters. The number of benzene rings is 8. The van der Waals surface area contributed by atoms with Crippen LogP contribution in [-0.2, 0) is 0 Å². The molecule has 2 aromatic heterocycles. The summed E-state index contributed by atoms with van der Waals surface area (Å²) in [7, 11) is 0. The minimum absolute atomic E-state index is 1.19. The van der Waals surface area contributed by atoms with Gasteiger partial charge in [0.05, 0.1) is 22.4 Å². The SMILES string of the molecule is c1ccc(-n2c3c(c4ccccc42)-c2ccc(-c4ccc5c6c(cccc46)-c4c-5c5ccccc5n4-c4ccccc4)c4cccc-3c24)cc1. The summed E-state index contributed by atoms with van der Waals surface area (Å²) in [6, 6.07) is 62.6. The molecule has 0 saturated carbocycles. The maximum absolute atomic E-state index is 2.46. The van der Waals surface area contributed by atoms with Gasteiger partial charge in [-0.1, -0.05) is 133 Å².